The summed E-state index contributed by atoms with van der Waals surface area (Å²) in [6, 6.07) is 12.0. The lowest BCUT2D eigenvalue weighted by molar-refractivity contribution is -0.145. The number of aryl methyl sites for hydroxylation is 1. The largest absolute Gasteiger partial charge is 0.493 e. The first-order valence-corrected chi connectivity index (χ1v) is 15.1. The summed E-state index contributed by atoms with van der Waals surface area (Å²) in [5.74, 6) is 0.156. The molecule has 0 aromatic heterocycles. The fraction of sp³-hybridized carbons (Fsp3) is 0.545. The van der Waals surface area contributed by atoms with Crippen LogP contribution in [0.4, 0.5) is 0 Å². The fourth-order valence-corrected chi connectivity index (χ4v) is 6.52. The van der Waals surface area contributed by atoms with Crippen molar-refractivity contribution < 1.29 is 28.6 Å². The average Bonchev–Trinajstić information content (AvgIpc) is 3.03. The number of hydrogen-bond donors (Lipinski definition) is 2. The summed E-state index contributed by atoms with van der Waals surface area (Å²) in [6.07, 6.45) is 8.31. The third-order valence-electron chi connectivity index (χ3n) is 8.75. The molecule has 2 unspecified atom stereocenters. The molecule has 2 aromatic rings. The van der Waals surface area contributed by atoms with Gasteiger partial charge in [0.15, 0.2) is 11.5 Å². The van der Waals surface area contributed by atoms with Crippen molar-refractivity contribution in [3.05, 3.63) is 53.6 Å². The second kappa shape index (κ2) is 14.9. The highest BCUT2D eigenvalue weighted by Gasteiger charge is 2.40. The van der Waals surface area contributed by atoms with Gasteiger partial charge in [-0.2, -0.15) is 0 Å². The highest BCUT2D eigenvalue weighted by Crippen LogP contribution is 2.45. The van der Waals surface area contributed by atoms with Crippen LogP contribution < -0.4 is 25.3 Å². The fourth-order valence-electron chi connectivity index (χ4n) is 6.52. The topological polar surface area (TPSA) is 120 Å². The first-order chi connectivity index (χ1) is 20.4. The molecule has 2 aromatic carbocycles. The molecule has 4 rings (SSSR count). The zero-order valence-electron chi connectivity index (χ0n) is 25.1. The standard InChI is InChI=1S/C33H45N3O6/c1-40-27-20-24(21-28(41-2)30(27)42-3)29(23-14-8-5-9-15-23)33(39)36-19-11-10-16-26(36)32(38)35-25(31(34)37)18-17-22-12-6-4-7-13-22/h4,6-7,12-13,20-21,23,25-26,29H,5,8-11,14-19H2,1-3H3,(H2,34,37)(H,35,38)/t25?,26-,29?/m0/s1. The average molecular weight is 580 g/mol. The van der Waals surface area contributed by atoms with Crippen LogP contribution in [0.2, 0.25) is 0 Å². The molecule has 42 heavy (non-hydrogen) atoms. The van der Waals surface area contributed by atoms with Gasteiger partial charge in [-0.15, -0.1) is 0 Å². The minimum absolute atomic E-state index is 0.0732. The van der Waals surface area contributed by atoms with E-state index in [0.29, 0.717) is 43.1 Å². The molecule has 1 aliphatic heterocycles. The molecule has 3 atom stereocenters. The Bertz CT molecular complexity index is 1190. The van der Waals surface area contributed by atoms with Gasteiger partial charge in [0.1, 0.15) is 12.1 Å². The van der Waals surface area contributed by atoms with Crippen molar-refractivity contribution >= 4 is 17.7 Å². The second-order valence-electron chi connectivity index (χ2n) is 11.4. The number of nitrogens with two attached hydrogens (primary N) is 1. The molecule has 9 heteroatoms. The third-order valence-corrected chi connectivity index (χ3v) is 8.75. The normalized spacial score (nSPS) is 18.9. The number of hydrogen-bond acceptors (Lipinski definition) is 6. The van der Waals surface area contributed by atoms with Crippen molar-refractivity contribution in [3.63, 3.8) is 0 Å². The number of methoxy groups -OCH3 is 3. The van der Waals surface area contributed by atoms with Gasteiger partial charge in [-0.3, -0.25) is 14.4 Å². The summed E-state index contributed by atoms with van der Waals surface area (Å²) in [5, 5.41) is 2.89. The highest BCUT2D eigenvalue weighted by atomic mass is 16.5. The van der Waals surface area contributed by atoms with Gasteiger partial charge >= 0.3 is 0 Å². The zero-order valence-corrected chi connectivity index (χ0v) is 25.1. The molecule has 0 bridgehead atoms. The Morgan fingerprint density at radius 3 is 2.14 bits per heavy atom. The van der Waals surface area contributed by atoms with Crippen molar-refractivity contribution in [1.29, 1.82) is 0 Å². The Labute approximate surface area is 249 Å². The van der Waals surface area contributed by atoms with Gasteiger partial charge in [-0.1, -0.05) is 49.6 Å². The van der Waals surface area contributed by atoms with Crippen LogP contribution in [-0.2, 0) is 20.8 Å². The number of nitrogens with one attached hydrogen (secondary N) is 1. The van der Waals surface area contributed by atoms with E-state index in [2.05, 4.69) is 5.32 Å². The Morgan fingerprint density at radius 1 is 0.905 bits per heavy atom. The molecule has 1 saturated carbocycles. The Balaban J connectivity index is 1.60. The maximum absolute atomic E-state index is 14.5. The quantitative estimate of drug-likeness (QED) is 0.386. The Morgan fingerprint density at radius 2 is 1.55 bits per heavy atom. The van der Waals surface area contributed by atoms with E-state index < -0.39 is 23.9 Å². The van der Waals surface area contributed by atoms with Crippen molar-refractivity contribution in [2.75, 3.05) is 27.9 Å². The molecule has 2 aliphatic rings. The summed E-state index contributed by atoms with van der Waals surface area (Å²) in [6.45, 7) is 0.482. The predicted molar refractivity (Wildman–Crippen MR) is 161 cm³/mol. The predicted octanol–water partition coefficient (Wildman–Crippen LogP) is 4.36. The van der Waals surface area contributed by atoms with E-state index in [1.807, 2.05) is 42.5 Å². The van der Waals surface area contributed by atoms with Crippen LogP contribution >= 0.6 is 0 Å². The monoisotopic (exact) mass is 579 g/mol. The van der Waals surface area contributed by atoms with E-state index in [-0.39, 0.29) is 17.7 Å². The molecule has 3 N–H and O–H groups in total. The number of carbonyl (C=O) groups is 3. The van der Waals surface area contributed by atoms with E-state index in [9.17, 15) is 14.4 Å². The number of nitrogens with zero attached hydrogens (tertiary/aromatic N) is 1. The minimum Gasteiger partial charge on any atom is -0.493 e. The van der Waals surface area contributed by atoms with Gasteiger partial charge in [-0.05, 0) is 74.1 Å². The van der Waals surface area contributed by atoms with Gasteiger partial charge < -0.3 is 30.2 Å². The van der Waals surface area contributed by atoms with Crippen molar-refractivity contribution in [2.45, 2.75) is 82.2 Å². The lowest BCUT2D eigenvalue weighted by Crippen LogP contribution is -2.57. The number of amides is 3. The summed E-state index contributed by atoms with van der Waals surface area (Å²) < 4.78 is 16.8. The zero-order chi connectivity index (χ0) is 30.1. The van der Waals surface area contributed by atoms with Crippen molar-refractivity contribution in [2.24, 2.45) is 11.7 Å². The molecule has 1 saturated heterocycles. The van der Waals surface area contributed by atoms with Gasteiger partial charge in [0.05, 0.1) is 27.2 Å². The van der Waals surface area contributed by atoms with E-state index in [0.717, 1.165) is 56.1 Å². The van der Waals surface area contributed by atoms with Crippen LogP contribution in [0.1, 0.15) is 74.8 Å². The number of ether oxygens (including phenoxy) is 3. The summed E-state index contributed by atoms with van der Waals surface area (Å²) >= 11 is 0. The Kier molecular flexibility index (Phi) is 11.1. The van der Waals surface area contributed by atoms with Crippen molar-refractivity contribution in [1.82, 2.24) is 10.2 Å². The number of piperidine rings is 1. The number of primary amides is 1. The number of benzene rings is 2. The molecular weight excluding hydrogens is 534 g/mol. The maximum atomic E-state index is 14.5. The summed E-state index contributed by atoms with van der Waals surface area (Å²) in [5.41, 5.74) is 7.56. The van der Waals surface area contributed by atoms with Crippen LogP contribution in [0.3, 0.4) is 0 Å². The van der Waals surface area contributed by atoms with Gasteiger partial charge in [0, 0.05) is 6.54 Å². The van der Waals surface area contributed by atoms with E-state index >= 15 is 0 Å². The molecule has 1 aliphatic carbocycles. The number of rotatable bonds is 12. The molecule has 3 amide bonds. The molecule has 9 nitrogen and oxygen atoms in total. The lowest BCUT2D eigenvalue weighted by atomic mass is 9.75. The molecule has 0 spiro atoms. The van der Waals surface area contributed by atoms with Gasteiger partial charge in [0.2, 0.25) is 23.5 Å². The van der Waals surface area contributed by atoms with Crippen LogP contribution in [0.5, 0.6) is 17.2 Å². The molecular formula is C33H45N3O6. The lowest BCUT2D eigenvalue weighted by Gasteiger charge is -2.40. The minimum atomic E-state index is -0.819. The number of likely N-dealkylation sites (tertiary alicyclic amines) is 1. The van der Waals surface area contributed by atoms with Gasteiger partial charge in [0.25, 0.3) is 0 Å². The van der Waals surface area contributed by atoms with E-state index in [1.165, 1.54) is 0 Å². The molecule has 2 fully saturated rings. The smallest absolute Gasteiger partial charge is 0.243 e. The van der Waals surface area contributed by atoms with Gasteiger partial charge in [-0.25, -0.2) is 0 Å². The van der Waals surface area contributed by atoms with Crippen molar-refractivity contribution in [3.8, 4) is 17.2 Å². The second-order valence-corrected chi connectivity index (χ2v) is 11.4. The summed E-state index contributed by atoms with van der Waals surface area (Å²) in [4.78, 5) is 42.3. The molecule has 1 heterocycles. The molecule has 0 radical (unpaired) electrons. The van der Waals surface area contributed by atoms with Crippen LogP contribution in [0.25, 0.3) is 0 Å². The SMILES string of the molecule is COc1cc(C(C(=O)N2CCCC[C@H]2C(=O)NC(CCc2ccccc2)C(N)=O)C2CCCCC2)cc(OC)c1OC. The van der Waals surface area contributed by atoms with Crippen LogP contribution in [-0.4, -0.2) is 62.6 Å². The number of carbonyl (C=O) groups excluding carboxylic acids is 3. The Hall–Kier alpha value is -3.75. The maximum Gasteiger partial charge on any atom is 0.243 e. The van der Waals surface area contributed by atoms with Crippen LogP contribution in [0.15, 0.2) is 42.5 Å². The highest BCUT2D eigenvalue weighted by molar-refractivity contribution is 5.93. The first kappa shape index (κ1) is 31.2. The van der Waals surface area contributed by atoms with E-state index in [4.69, 9.17) is 19.9 Å². The molecule has 228 valence electrons. The van der Waals surface area contributed by atoms with Crippen LogP contribution in [0, 0.1) is 5.92 Å². The van der Waals surface area contributed by atoms with E-state index in [1.54, 1.807) is 26.2 Å². The summed E-state index contributed by atoms with van der Waals surface area (Å²) in [7, 11) is 4.69. The third kappa shape index (κ3) is 7.36. The first-order valence-electron chi connectivity index (χ1n) is 15.1.